The summed E-state index contributed by atoms with van der Waals surface area (Å²) in [5.41, 5.74) is -0.136. The number of hydrogen-bond donors (Lipinski definition) is 0. The number of hydrogen-bond acceptors (Lipinski definition) is 3. The average Bonchev–Trinajstić information content (AvgIpc) is 2.21. The zero-order valence-corrected chi connectivity index (χ0v) is 8.06. The molecule has 1 heterocycles. The van der Waals surface area contributed by atoms with Crippen LogP contribution in [0.5, 0.6) is 5.88 Å². The number of unbranched alkanes of at least 4 members (excludes halogenated alkanes) is 1. The number of terminal acetylenes is 1. The van der Waals surface area contributed by atoms with Gasteiger partial charge in [0.1, 0.15) is 0 Å². The van der Waals surface area contributed by atoms with Gasteiger partial charge in [-0.05, 0) is 6.42 Å². The van der Waals surface area contributed by atoms with E-state index in [1.165, 1.54) is 17.9 Å². The highest BCUT2D eigenvalue weighted by molar-refractivity contribution is 5.05. The van der Waals surface area contributed by atoms with E-state index in [1.54, 1.807) is 6.07 Å². The third kappa shape index (κ3) is 2.63. The summed E-state index contributed by atoms with van der Waals surface area (Å²) in [6.07, 6.45) is 6.50. The van der Waals surface area contributed by atoms with E-state index < -0.39 is 0 Å². The van der Waals surface area contributed by atoms with Crippen molar-refractivity contribution < 1.29 is 4.74 Å². The maximum absolute atomic E-state index is 11.3. The van der Waals surface area contributed by atoms with Crippen LogP contribution in [0.4, 0.5) is 0 Å². The second kappa shape index (κ2) is 5.07. The van der Waals surface area contributed by atoms with Gasteiger partial charge in [-0.25, -0.2) is 4.68 Å². The topological polar surface area (TPSA) is 44.1 Å². The number of ether oxygens (including phenoxy) is 1. The van der Waals surface area contributed by atoms with Crippen LogP contribution in [0.3, 0.4) is 0 Å². The van der Waals surface area contributed by atoms with E-state index in [0.717, 1.165) is 6.42 Å². The van der Waals surface area contributed by atoms with Crippen LogP contribution < -0.4 is 10.3 Å². The van der Waals surface area contributed by atoms with Gasteiger partial charge >= 0.3 is 0 Å². The van der Waals surface area contributed by atoms with Gasteiger partial charge in [0.05, 0.1) is 7.11 Å². The minimum atomic E-state index is -0.136. The Morgan fingerprint density at radius 2 is 2.43 bits per heavy atom. The maximum atomic E-state index is 11.3. The molecule has 0 bridgehead atoms. The first kappa shape index (κ1) is 10.3. The van der Waals surface area contributed by atoms with E-state index in [-0.39, 0.29) is 5.56 Å². The van der Waals surface area contributed by atoms with Crippen molar-refractivity contribution in [3.8, 4) is 18.2 Å². The first-order chi connectivity index (χ1) is 6.77. The van der Waals surface area contributed by atoms with Crippen molar-refractivity contribution in [1.29, 1.82) is 0 Å². The minimum absolute atomic E-state index is 0.136. The number of aromatic nitrogens is 2. The molecule has 74 valence electrons. The summed E-state index contributed by atoms with van der Waals surface area (Å²) in [5.74, 6) is 2.95. The monoisotopic (exact) mass is 192 g/mol. The lowest BCUT2D eigenvalue weighted by molar-refractivity contribution is 0.374. The molecule has 1 rings (SSSR count). The molecule has 0 aromatic carbocycles. The third-order valence-electron chi connectivity index (χ3n) is 1.74. The Kier molecular flexibility index (Phi) is 3.74. The van der Waals surface area contributed by atoms with Crippen LogP contribution in [0.25, 0.3) is 0 Å². The molecule has 0 aliphatic heterocycles. The molecule has 14 heavy (non-hydrogen) atoms. The van der Waals surface area contributed by atoms with Gasteiger partial charge in [0.25, 0.3) is 5.56 Å². The first-order valence-corrected chi connectivity index (χ1v) is 4.33. The van der Waals surface area contributed by atoms with Gasteiger partial charge in [0, 0.05) is 25.1 Å². The van der Waals surface area contributed by atoms with Crippen molar-refractivity contribution in [2.45, 2.75) is 19.4 Å². The van der Waals surface area contributed by atoms with Crippen molar-refractivity contribution in [3.05, 3.63) is 22.5 Å². The number of aryl methyl sites for hydroxylation is 1. The second-order valence-corrected chi connectivity index (χ2v) is 2.74. The lowest BCUT2D eigenvalue weighted by Gasteiger charge is -2.04. The summed E-state index contributed by atoms with van der Waals surface area (Å²) in [5, 5.41) is 3.98. The molecule has 0 fully saturated rings. The molecule has 0 spiro atoms. The van der Waals surface area contributed by atoms with Crippen molar-refractivity contribution in [2.75, 3.05) is 7.11 Å². The molecule has 0 radical (unpaired) electrons. The molecule has 0 saturated heterocycles. The lowest BCUT2D eigenvalue weighted by atomic mass is 10.3. The van der Waals surface area contributed by atoms with E-state index in [0.29, 0.717) is 18.8 Å². The van der Waals surface area contributed by atoms with Gasteiger partial charge in [-0.2, -0.15) is 0 Å². The van der Waals surface area contributed by atoms with E-state index in [4.69, 9.17) is 11.2 Å². The Morgan fingerprint density at radius 1 is 1.64 bits per heavy atom. The van der Waals surface area contributed by atoms with Crippen molar-refractivity contribution in [1.82, 2.24) is 9.78 Å². The predicted molar refractivity (Wildman–Crippen MR) is 53.1 cm³/mol. The molecule has 0 unspecified atom stereocenters. The largest absolute Gasteiger partial charge is 0.480 e. The normalized spacial score (nSPS) is 9.43. The Labute approximate surface area is 82.5 Å². The highest BCUT2D eigenvalue weighted by atomic mass is 16.5. The standard InChI is InChI=1S/C10H12N2O2/c1-3-4-5-8-12-10(13)7-6-9(11-12)14-2/h1,6-7H,4-5,8H2,2H3. The van der Waals surface area contributed by atoms with E-state index in [1.807, 2.05) is 0 Å². The molecule has 0 atom stereocenters. The van der Waals surface area contributed by atoms with E-state index in [9.17, 15) is 4.79 Å². The number of rotatable bonds is 4. The van der Waals surface area contributed by atoms with Gasteiger partial charge in [0.15, 0.2) is 0 Å². The Bertz CT molecular complexity index is 390. The van der Waals surface area contributed by atoms with Crippen molar-refractivity contribution >= 4 is 0 Å². The van der Waals surface area contributed by atoms with Gasteiger partial charge in [0.2, 0.25) is 5.88 Å². The van der Waals surface area contributed by atoms with Crippen LogP contribution in [0.15, 0.2) is 16.9 Å². The van der Waals surface area contributed by atoms with Gasteiger partial charge < -0.3 is 4.74 Å². The van der Waals surface area contributed by atoms with Crippen LogP contribution in [-0.2, 0) is 6.54 Å². The molecule has 0 aliphatic rings. The molecule has 0 amide bonds. The summed E-state index contributed by atoms with van der Waals surface area (Å²) in [6.45, 7) is 0.528. The molecular formula is C10H12N2O2. The van der Waals surface area contributed by atoms with E-state index >= 15 is 0 Å². The summed E-state index contributed by atoms with van der Waals surface area (Å²) in [4.78, 5) is 11.3. The highest BCUT2D eigenvalue weighted by Crippen LogP contribution is 2.00. The van der Waals surface area contributed by atoms with Crippen LogP contribution >= 0.6 is 0 Å². The summed E-state index contributed by atoms with van der Waals surface area (Å²) < 4.78 is 6.26. The highest BCUT2D eigenvalue weighted by Gasteiger charge is 1.99. The third-order valence-corrected chi connectivity index (χ3v) is 1.74. The smallest absolute Gasteiger partial charge is 0.266 e. The van der Waals surface area contributed by atoms with Crippen LogP contribution in [0.2, 0.25) is 0 Å². The molecule has 1 aromatic heterocycles. The van der Waals surface area contributed by atoms with Gasteiger partial charge in [-0.15, -0.1) is 17.4 Å². The molecule has 1 aromatic rings. The summed E-state index contributed by atoms with van der Waals surface area (Å²) >= 11 is 0. The van der Waals surface area contributed by atoms with E-state index in [2.05, 4.69) is 11.0 Å². The second-order valence-electron chi connectivity index (χ2n) is 2.74. The zero-order valence-electron chi connectivity index (χ0n) is 8.06. The molecule has 4 nitrogen and oxygen atoms in total. The maximum Gasteiger partial charge on any atom is 0.266 e. The first-order valence-electron chi connectivity index (χ1n) is 4.33. The lowest BCUT2D eigenvalue weighted by Crippen LogP contribution is -2.22. The molecular weight excluding hydrogens is 180 g/mol. The molecule has 0 aliphatic carbocycles. The van der Waals surface area contributed by atoms with Crippen LogP contribution in [0, 0.1) is 12.3 Å². The quantitative estimate of drug-likeness (QED) is 0.520. The molecule has 0 N–H and O–H groups in total. The Morgan fingerprint density at radius 3 is 3.07 bits per heavy atom. The van der Waals surface area contributed by atoms with Gasteiger partial charge in [-0.3, -0.25) is 4.79 Å². The zero-order chi connectivity index (χ0) is 10.4. The fraction of sp³-hybridized carbons (Fsp3) is 0.400. The Hall–Kier alpha value is -1.76. The Balaban J connectivity index is 2.75. The van der Waals surface area contributed by atoms with Gasteiger partial charge in [-0.1, -0.05) is 0 Å². The summed E-state index contributed by atoms with van der Waals surface area (Å²) in [6, 6.07) is 2.97. The minimum Gasteiger partial charge on any atom is -0.480 e. The van der Waals surface area contributed by atoms with Crippen molar-refractivity contribution in [2.24, 2.45) is 0 Å². The average molecular weight is 192 g/mol. The fourth-order valence-electron chi connectivity index (χ4n) is 1.03. The van der Waals surface area contributed by atoms with Crippen molar-refractivity contribution in [3.63, 3.8) is 0 Å². The number of methoxy groups -OCH3 is 1. The molecule has 0 saturated carbocycles. The SMILES string of the molecule is C#CCCCn1nc(OC)ccc1=O. The molecule has 4 heteroatoms. The van der Waals surface area contributed by atoms with Crippen LogP contribution in [0.1, 0.15) is 12.8 Å². The number of nitrogens with zero attached hydrogens (tertiary/aromatic N) is 2. The summed E-state index contributed by atoms with van der Waals surface area (Å²) in [7, 11) is 1.51. The van der Waals surface area contributed by atoms with Crippen LogP contribution in [-0.4, -0.2) is 16.9 Å². The fourth-order valence-corrected chi connectivity index (χ4v) is 1.03. The predicted octanol–water partition coefficient (Wildman–Crippen LogP) is 0.665.